The zero-order valence-electron chi connectivity index (χ0n) is 18.1. The summed E-state index contributed by atoms with van der Waals surface area (Å²) in [6.45, 7) is 9.66. The maximum Gasteiger partial charge on any atom is 0.331 e. The van der Waals surface area contributed by atoms with E-state index in [1.54, 1.807) is 32.9 Å². The number of pyridine rings is 1. The van der Waals surface area contributed by atoms with Crippen molar-refractivity contribution in [1.29, 1.82) is 0 Å². The lowest BCUT2D eigenvalue weighted by atomic mass is 10.2. The highest BCUT2D eigenvalue weighted by atomic mass is 32.1. The molecular formula is C22H25N3O5S. The first-order chi connectivity index (χ1) is 14.5. The number of hydrogen-bond donors (Lipinski definition) is 1. The number of aromatic hydroxyl groups is 1. The van der Waals surface area contributed by atoms with Gasteiger partial charge in [-0.2, -0.15) is 4.98 Å². The first kappa shape index (κ1) is 22.5. The number of rotatable bonds is 6. The first-order valence-corrected chi connectivity index (χ1v) is 10.6. The van der Waals surface area contributed by atoms with Crippen LogP contribution in [0.2, 0.25) is 0 Å². The average Bonchev–Trinajstić information content (AvgIpc) is 3.14. The molecule has 1 N–H and O–H groups in total. The monoisotopic (exact) mass is 443 g/mol. The van der Waals surface area contributed by atoms with E-state index in [0.29, 0.717) is 18.3 Å². The predicted molar refractivity (Wildman–Crippen MR) is 119 cm³/mol. The molecule has 0 saturated heterocycles. The van der Waals surface area contributed by atoms with Crippen molar-refractivity contribution in [2.45, 2.75) is 52.7 Å². The van der Waals surface area contributed by atoms with Crippen molar-refractivity contribution < 1.29 is 19.4 Å². The number of hydrogen-bond acceptors (Lipinski definition) is 8. The third kappa shape index (κ3) is 5.69. The van der Waals surface area contributed by atoms with Crippen molar-refractivity contribution in [3.8, 4) is 11.6 Å². The van der Waals surface area contributed by atoms with E-state index in [1.807, 2.05) is 5.38 Å². The van der Waals surface area contributed by atoms with Gasteiger partial charge in [0.2, 0.25) is 5.88 Å². The summed E-state index contributed by atoms with van der Waals surface area (Å²) in [6.07, 6.45) is 3.79. The minimum absolute atomic E-state index is 0.110. The lowest BCUT2D eigenvalue weighted by molar-refractivity contribution is -0.148. The van der Waals surface area contributed by atoms with E-state index in [4.69, 9.17) is 9.47 Å². The summed E-state index contributed by atoms with van der Waals surface area (Å²) in [6, 6.07) is 3.19. The zero-order chi connectivity index (χ0) is 22.8. The Morgan fingerprint density at radius 2 is 2.06 bits per heavy atom. The molecule has 0 aliphatic heterocycles. The Morgan fingerprint density at radius 3 is 2.71 bits per heavy atom. The number of thiazole rings is 1. The van der Waals surface area contributed by atoms with Gasteiger partial charge in [-0.25, -0.2) is 9.78 Å². The van der Waals surface area contributed by atoms with Gasteiger partial charge in [-0.3, -0.25) is 9.20 Å². The Morgan fingerprint density at radius 1 is 1.32 bits per heavy atom. The van der Waals surface area contributed by atoms with Crippen molar-refractivity contribution in [2.24, 2.45) is 0 Å². The van der Waals surface area contributed by atoms with Crippen molar-refractivity contribution >= 4 is 29.0 Å². The molecule has 0 aliphatic rings. The van der Waals surface area contributed by atoms with Gasteiger partial charge in [-0.15, -0.1) is 11.3 Å². The molecule has 0 bridgehead atoms. The van der Waals surface area contributed by atoms with Crippen LogP contribution in [-0.4, -0.2) is 31.0 Å². The third-order valence-corrected chi connectivity index (χ3v) is 4.97. The fraction of sp³-hybridized carbons (Fsp3) is 0.364. The van der Waals surface area contributed by atoms with Crippen molar-refractivity contribution in [2.75, 3.05) is 0 Å². The first-order valence-electron chi connectivity index (χ1n) is 9.77. The number of esters is 1. The van der Waals surface area contributed by atoms with Crippen molar-refractivity contribution in [3.63, 3.8) is 0 Å². The molecule has 3 heterocycles. The van der Waals surface area contributed by atoms with Gasteiger partial charge in [-0.1, -0.05) is 13.8 Å². The number of ether oxygens (including phenoxy) is 2. The van der Waals surface area contributed by atoms with Gasteiger partial charge in [-0.05, 0) is 38.8 Å². The summed E-state index contributed by atoms with van der Waals surface area (Å²) >= 11 is 1.53. The summed E-state index contributed by atoms with van der Waals surface area (Å²) in [4.78, 5) is 33.1. The SMILES string of the molecule is CC(C)c1csc(COc2ccn3c(=O)c(/C=C/C(=O)OC(C)(C)C)c(O)nc3c2)n1. The maximum atomic E-state index is 12.7. The smallest absolute Gasteiger partial charge is 0.331 e. The van der Waals surface area contributed by atoms with Gasteiger partial charge in [0, 0.05) is 23.7 Å². The molecule has 0 aliphatic carbocycles. The molecule has 9 heteroatoms. The van der Waals surface area contributed by atoms with E-state index in [2.05, 4.69) is 23.8 Å². The molecule has 0 atom stereocenters. The predicted octanol–water partition coefficient (Wildman–Crippen LogP) is 3.91. The quantitative estimate of drug-likeness (QED) is 0.455. The van der Waals surface area contributed by atoms with Crippen LogP contribution in [-0.2, 0) is 16.1 Å². The van der Waals surface area contributed by atoms with Crippen LogP contribution in [0.1, 0.15) is 56.8 Å². The lowest BCUT2D eigenvalue weighted by Gasteiger charge is -2.17. The molecular weight excluding hydrogens is 418 g/mol. The minimum Gasteiger partial charge on any atom is -0.493 e. The van der Waals surface area contributed by atoms with Gasteiger partial charge in [0.05, 0.1) is 5.69 Å². The summed E-state index contributed by atoms with van der Waals surface area (Å²) < 4.78 is 12.2. The normalized spacial score (nSPS) is 12.1. The highest BCUT2D eigenvalue weighted by Crippen LogP contribution is 2.21. The van der Waals surface area contributed by atoms with Crippen LogP contribution in [0.15, 0.2) is 34.6 Å². The molecule has 0 spiro atoms. The molecule has 31 heavy (non-hydrogen) atoms. The number of aromatic nitrogens is 3. The molecule has 3 aromatic heterocycles. The van der Waals surface area contributed by atoms with E-state index in [-0.39, 0.29) is 11.2 Å². The molecule has 8 nitrogen and oxygen atoms in total. The Kier molecular flexibility index (Phi) is 6.45. The Balaban J connectivity index is 1.80. The zero-order valence-corrected chi connectivity index (χ0v) is 18.9. The van der Waals surface area contributed by atoms with Gasteiger partial charge in [0.25, 0.3) is 5.56 Å². The van der Waals surface area contributed by atoms with Crippen LogP contribution >= 0.6 is 11.3 Å². The molecule has 0 aromatic carbocycles. The molecule has 164 valence electrons. The second-order valence-electron chi connectivity index (χ2n) is 8.22. The van der Waals surface area contributed by atoms with Crippen LogP contribution in [0.4, 0.5) is 0 Å². The maximum absolute atomic E-state index is 12.7. The van der Waals surface area contributed by atoms with Gasteiger partial charge in [0.15, 0.2) is 0 Å². The van der Waals surface area contributed by atoms with Crippen LogP contribution in [0.5, 0.6) is 11.6 Å². The highest BCUT2D eigenvalue weighted by Gasteiger charge is 2.15. The number of fused-ring (bicyclic) bond motifs is 1. The van der Waals surface area contributed by atoms with Gasteiger partial charge >= 0.3 is 5.97 Å². The van der Waals surface area contributed by atoms with E-state index in [0.717, 1.165) is 16.8 Å². The van der Waals surface area contributed by atoms with E-state index in [1.165, 1.54) is 28.0 Å². The van der Waals surface area contributed by atoms with Crippen LogP contribution < -0.4 is 10.3 Å². The largest absolute Gasteiger partial charge is 0.493 e. The Hall–Kier alpha value is -3.20. The van der Waals surface area contributed by atoms with Gasteiger partial charge < -0.3 is 14.6 Å². The van der Waals surface area contributed by atoms with Crippen LogP contribution in [0.25, 0.3) is 11.7 Å². The summed E-state index contributed by atoms with van der Waals surface area (Å²) in [7, 11) is 0. The third-order valence-electron chi connectivity index (χ3n) is 4.13. The number of nitrogens with zero attached hydrogens (tertiary/aromatic N) is 3. The summed E-state index contributed by atoms with van der Waals surface area (Å²) in [5, 5.41) is 13.1. The van der Waals surface area contributed by atoms with Crippen LogP contribution in [0.3, 0.4) is 0 Å². The molecule has 0 saturated carbocycles. The van der Waals surface area contributed by atoms with E-state index < -0.39 is 23.0 Å². The summed E-state index contributed by atoms with van der Waals surface area (Å²) in [5.74, 6) is -0.264. The number of carbonyl (C=O) groups is 1. The Bertz CT molecular complexity index is 1190. The molecule has 3 rings (SSSR count). The minimum atomic E-state index is -0.661. The lowest BCUT2D eigenvalue weighted by Crippen LogP contribution is -2.22. The fourth-order valence-electron chi connectivity index (χ4n) is 2.65. The molecule has 0 amide bonds. The average molecular weight is 444 g/mol. The second kappa shape index (κ2) is 8.89. The fourth-order valence-corrected chi connectivity index (χ4v) is 3.51. The summed E-state index contributed by atoms with van der Waals surface area (Å²) in [5.41, 5.74) is -0.0500. The standard InChI is InChI=1S/C22H25N3O5S/c1-13(2)16-12-31-18(23-16)11-29-14-8-9-25-17(10-14)24-20(27)15(21(25)28)6-7-19(26)30-22(3,4)5/h6-10,12-13,27H,11H2,1-5H3/b7-6+. The van der Waals surface area contributed by atoms with Gasteiger partial charge in [0.1, 0.15) is 34.2 Å². The van der Waals surface area contributed by atoms with E-state index >= 15 is 0 Å². The highest BCUT2D eigenvalue weighted by molar-refractivity contribution is 7.09. The van der Waals surface area contributed by atoms with E-state index in [9.17, 15) is 14.7 Å². The van der Waals surface area contributed by atoms with Crippen LogP contribution in [0, 0.1) is 0 Å². The Labute approximate surface area is 183 Å². The molecule has 0 unspecified atom stereocenters. The number of carbonyl (C=O) groups excluding carboxylic acids is 1. The second-order valence-corrected chi connectivity index (χ2v) is 9.16. The topological polar surface area (TPSA) is 103 Å². The molecule has 3 aromatic rings. The molecule has 0 fully saturated rings. The van der Waals surface area contributed by atoms with Crippen molar-refractivity contribution in [1.82, 2.24) is 14.4 Å². The molecule has 0 radical (unpaired) electrons. The van der Waals surface area contributed by atoms with Crippen molar-refractivity contribution in [3.05, 3.63) is 56.4 Å².